The van der Waals surface area contributed by atoms with E-state index in [0.29, 0.717) is 12.5 Å². The van der Waals surface area contributed by atoms with Crippen LogP contribution in [-0.2, 0) is 13.2 Å². The topological polar surface area (TPSA) is 34.4 Å². The average molecular weight is 287 g/mol. The average Bonchev–Trinajstić information content (AvgIpc) is 2.94. The second-order valence-corrected chi connectivity index (χ2v) is 5.56. The van der Waals surface area contributed by atoms with Crippen LogP contribution in [0.5, 0.6) is 5.75 Å². The summed E-state index contributed by atoms with van der Waals surface area (Å²) in [5, 5.41) is 3.32. The third-order valence-corrected chi connectivity index (χ3v) is 3.35. The van der Waals surface area contributed by atoms with Gasteiger partial charge in [0.25, 0.3) is 0 Å². The van der Waals surface area contributed by atoms with E-state index in [-0.39, 0.29) is 0 Å². The third-order valence-electron chi connectivity index (χ3n) is 3.35. The minimum atomic E-state index is 0.468. The van der Waals surface area contributed by atoms with E-state index in [0.717, 1.165) is 36.8 Å². The second-order valence-electron chi connectivity index (χ2n) is 5.56. The molecule has 21 heavy (non-hydrogen) atoms. The Balaban J connectivity index is 1.86. The summed E-state index contributed by atoms with van der Waals surface area (Å²) in [6, 6.07) is 12.2. The number of benzene rings is 1. The van der Waals surface area contributed by atoms with E-state index in [4.69, 9.17) is 9.15 Å². The van der Waals surface area contributed by atoms with Crippen molar-refractivity contribution in [1.82, 2.24) is 5.32 Å². The molecule has 0 spiro atoms. The molecule has 3 heteroatoms. The van der Waals surface area contributed by atoms with Gasteiger partial charge in [0.05, 0.1) is 6.54 Å². The van der Waals surface area contributed by atoms with Crippen LogP contribution < -0.4 is 10.1 Å². The molecule has 1 aromatic heterocycles. The summed E-state index contributed by atoms with van der Waals surface area (Å²) in [5.41, 5.74) is 1.29. The lowest BCUT2D eigenvalue weighted by atomic mass is 10.0. The van der Waals surface area contributed by atoms with E-state index >= 15 is 0 Å². The van der Waals surface area contributed by atoms with Crippen LogP contribution in [0.2, 0.25) is 0 Å². The fourth-order valence-corrected chi connectivity index (χ4v) is 2.10. The van der Waals surface area contributed by atoms with Gasteiger partial charge in [-0.3, -0.25) is 0 Å². The Morgan fingerprint density at radius 3 is 2.71 bits per heavy atom. The fraction of sp³-hybridized carbons (Fsp3) is 0.444. The van der Waals surface area contributed by atoms with Crippen molar-refractivity contribution in [2.75, 3.05) is 6.54 Å². The van der Waals surface area contributed by atoms with Crippen molar-refractivity contribution < 1.29 is 9.15 Å². The molecule has 0 radical (unpaired) electrons. The first kappa shape index (κ1) is 15.6. The fourth-order valence-electron chi connectivity index (χ4n) is 2.10. The van der Waals surface area contributed by atoms with Gasteiger partial charge in [0.2, 0.25) is 0 Å². The van der Waals surface area contributed by atoms with Gasteiger partial charge in [0.1, 0.15) is 23.9 Å². The Morgan fingerprint density at radius 1 is 1.14 bits per heavy atom. The molecular formula is C18H25NO2. The Morgan fingerprint density at radius 2 is 1.95 bits per heavy atom. The Bertz CT molecular complexity index is 546. The zero-order chi connectivity index (χ0) is 15.1. The minimum absolute atomic E-state index is 0.468. The van der Waals surface area contributed by atoms with Gasteiger partial charge in [-0.1, -0.05) is 32.9 Å². The van der Waals surface area contributed by atoms with E-state index in [1.54, 1.807) is 0 Å². The number of nitrogens with one attached hydrogen (secondary N) is 1. The van der Waals surface area contributed by atoms with Crippen LogP contribution in [0.15, 0.2) is 40.8 Å². The normalized spacial score (nSPS) is 11.0. The maximum Gasteiger partial charge on any atom is 0.146 e. The lowest BCUT2D eigenvalue weighted by Crippen LogP contribution is -2.13. The maximum atomic E-state index is 5.81. The molecule has 3 nitrogen and oxygen atoms in total. The number of rotatable bonds is 8. The van der Waals surface area contributed by atoms with E-state index in [2.05, 4.69) is 38.2 Å². The number of hydrogen-bond donors (Lipinski definition) is 1. The van der Waals surface area contributed by atoms with Gasteiger partial charge in [-0.15, -0.1) is 0 Å². The second kappa shape index (κ2) is 7.89. The summed E-state index contributed by atoms with van der Waals surface area (Å²) >= 11 is 0. The predicted octanol–water partition coefficient (Wildman–Crippen LogP) is 4.48. The summed E-state index contributed by atoms with van der Waals surface area (Å²) in [4.78, 5) is 0. The molecule has 1 heterocycles. The van der Waals surface area contributed by atoms with Gasteiger partial charge < -0.3 is 14.5 Å². The largest absolute Gasteiger partial charge is 0.486 e. The van der Waals surface area contributed by atoms with Gasteiger partial charge in [-0.25, -0.2) is 0 Å². The third kappa shape index (κ3) is 4.94. The van der Waals surface area contributed by atoms with Crippen LogP contribution in [0.25, 0.3) is 0 Å². The molecule has 0 unspecified atom stereocenters. The molecule has 0 aliphatic rings. The molecule has 0 aliphatic heterocycles. The van der Waals surface area contributed by atoms with Gasteiger partial charge >= 0.3 is 0 Å². The minimum Gasteiger partial charge on any atom is -0.486 e. The molecule has 0 amide bonds. The quantitative estimate of drug-likeness (QED) is 0.727. The van der Waals surface area contributed by atoms with Crippen LogP contribution in [0.4, 0.5) is 0 Å². The van der Waals surface area contributed by atoms with Crippen LogP contribution >= 0.6 is 0 Å². The molecule has 0 saturated carbocycles. The molecular weight excluding hydrogens is 262 g/mol. The first-order valence-corrected chi connectivity index (χ1v) is 7.70. The first-order valence-electron chi connectivity index (χ1n) is 7.70. The number of ether oxygens (including phenoxy) is 1. The molecule has 0 saturated heterocycles. The molecule has 1 N–H and O–H groups in total. The summed E-state index contributed by atoms with van der Waals surface area (Å²) in [5.74, 6) is 3.22. The van der Waals surface area contributed by atoms with Gasteiger partial charge in [-0.2, -0.15) is 0 Å². The van der Waals surface area contributed by atoms with Gasteiger partial charge in [-0.05, 0) is 48.7 Å². The Kier molecular flexibility index (Phi) is 5.88. The van der Waals surface area contributed by atoms with Crippen molar-refractivity contribution in [1.29, 1.82) is 0 Å². The summed E-state index contributed by atoms with van der Waals surface area (Å²) in [6.45, 7) is 8.77. The zero-order valence-electron chi connectivity index (χ0n) is 13.2. The van der Waals surface area contributed by atoms with Crippen LogP contribution in [-0.4, -0.2) is 6.54 Å². The Labute approximate surface area is 127 Å². The van der Waals surface area contributed by atoms with Crippen molar-refractivity contribution in [3.63, 3.8) is 0 Å². The van der Waals surface area contributed by atoms with E-state index in [1.165, 1.54) is 5.56 Å². The van der Waals surface area contributed by atoms with Crippen LogP contribution in [0.3, 0.4) is 0 Å². The van der Waals surface area contributed by atoms with Crippen molar-refractivity contribution in [3.05, 3.63) is 53.5 Å². The highest BCUT2D eigenvalue weighted by Crippen LogP contribution is 2.21. The first-order chi connectivity index (χ1) is 10.2. The number of hydrogen-bond acceptors (Lipinski definition) is 3. The van der Waals surface area contributed by atoms with E-state index in [9.17, 15) is 0 Å². The molecule has 0 fully saturated rings. The smallest absolute Gasteiger partial charge is 0.146 e. The van der Waals surface area contributed by atoms with Crippen molar-refractivity contribution >= 4 is 0 Å². The van der Waals surface area contributed by atoms with Crippen molar-refractivity contribution in [3.8, 4) is 5.75 Å². The highest BCUT2D eigenvalue weighted by molar-refractivity contribution is 5.30. The SMILES string of the molecule is CCCNCc1ccc(COc2cccc(C(C)C)c2)o1. The van der Waals surface area contributed by atoms with Crippen LogP contribution in [0, 0.1) is 0 Å². The highest BCUT2D eigenvalue weighted by atomic mass is 16.5. The van der Waals surface area contributed by atoms with Gasteiger partial charge in [0, 0.05) is 0 Å². The maximum absolute atomic E-state index is 5.81. The summed E-state index contributed by atoms with van der Waals surface area (Å²) in [6.07, 6.45) is 1.13. The molecule has 2 rings (SSSR count). The highest BCUT2D eigenvalue weighted by Gasteiger charge is 2.04. The van der Waals surface area contributed by atoms with Crippen LogP contribution in [0.1, 0.15) is 50.2 Å². The standard InChI is InChI=1S/C18H25NO2/c1-4-10-19-12-17-8-9-18(21-17)13-20-16-7-5-6-15(11-16)14(2)3/h5-9,11,14,19H,4,10,12-13H2,1-3H3. The van der Waals surface area contributed by atoms with Crippen molar-refractivity contribution in [2.24, 2.45) is 0 Å². The molecule has 1 aromatic carbocycles. The molecule has 0 bridgehead atoms. The lowest BCUT2D eigenvalue weighted by molar-refractivity contribution is 0.265. The predicted molar refractivity (Wildman–Crippen MR) is 85.6 cm³/mol. The zero-order valence-corrected chi connectivity index (χ0v) is 13.2. The monoisotopic (exact) mass is 287 g/mol. The van der Waals surface area contributed by atoms with E-state index < -0.39 is 0 Å². The summed E-state index contributed by atoms with van der Waals surface area (Å²) in [7, 11) is 0. The molecule has 2 aromatic rings. The summed E-state index contributed by atoms with van der Waals surface area (Å²) < 4.78 is 11.5. The molecule has 0 atom stereocenters. The molecule has 0 aliphatic carbocycles. The van der Waals surface area contributed by atoms with Gasteiger partial charge in [0.15, 0.2) is 0 Å². The molecule has 114 valence electrons. The lowest BCUT2D eigenvalue weighted by Gasteiger charge is -2.09. The van der Waals surface area contributed by atoms with E-state index in [1.807, 2.05) is 24.3 Å². The Hall–Kier alpha value is -1.74. The number of furan rings is 1. The van der Waals surface area contributed by atoms with Crippen molar-refractivity contribution in [2.45, 2.75) is 46.3 Å².